The number of nitrogens with one attached hydrogen (secondary N) is 4. The average molecular weight is 521 g/mol. The Morgan fingerprint density at radius 1 is 0.676 bits per heavy atom. The van der Waals surface area contributed by atoms with Gasteiger partial charge in [0, 0.05) is 52.0 Å². The van der Waals surface area contributed by atoms with Crippen molar-refractivity contribution in [3.8, 4) is 0 Å². The van der Waals surface area contributed by atoms with Crippen LogP contribution in [0.25, 0.3) is 0 Å². The van der Waals surface area contributed by atoms with E-state index in [1.807, 2.05) is 20.8 Å². The highest BCUT2D eigenvalue weighted by atomic mass is 16.2. The van der Waals surface area contributed by atoms with E-state index in [0.29, 0.717) is 29.7 Å². The molecule has 4 fully saturated rings. The Hall–Kier alpha value is -1.73. The van der Waals surface area contributed by atoms with Crippen LogP contribution in [0.3, 0.4) is 0 Å². The molecule has 214 valence electrons. The van der Waals surface area contributed by atoms with Crippen molar-refractivity contribution in [3.63, 3.8) is 0 Å². The largest absolute Gasteiger partial charge is 0.351 e. The summed E-state index contributed by atoms with van der Waals surface area (Å²) in [4.78, 5) is 32.9. The lowest BCUT2D eigenvalue weighted by molar-refractivity contribution is -0.124. The first-order valence-corrected chi connectivity index (χ1v) is 13.8. The molecule has 7 heteroatoms. The van der Waals surface area contributed by atoms with Crippen LogP contribution in [0.1, 0.15) is 115 Å². The maximum absolute atomic E-state index is 11.3. The van der Waals surface area contributed by atoms with Gasteiger partial charge < -0.3 is 21.3 Å². The van der Waals surface area contributed by atoms with Crippen molar-refractivity contribution in [2.24, 2.45) is 11.8 Å². The van der Waals surface area contributed by atoms with Gasteiger partial charge in [-0.2, -0.15) is 0 Å². The molecule has 0 aliphatic carbocycles. The molecule has 0 saturated carbocycles. The second-order valence-corrected chi connectivity index (χ2v) is 15.0. The normalized spacial score (nSPS) is 29.9. The molecule has 2 atom stereocenters. The fourth-order valence-electron chi connectivity index (χ4n) is 5.94. The van der Waals surface area contributed by atoms with Crippen molar-refractivity contribution >= 4 is 17.6 Å². The second kappa shape index (κ2) is 12.0. The number of carbonyl (C=O) groups is 3. The number of carbonyl (C=O) groups excluding carboxylic acids is 3. The van der Waals surface area contributed by atoms with Crippen molar-refractivity contribution in [2.45, 2.75) is 143 Å². The molecule has 0 aromatic heterocycles. The molecule has 4 N–H and O–H groups in total. The van der Waals surface area contributed by atoms with Gasteiger partial charge in [-0.25, -0.2) is 0 Å². The summed E-state index contributed by atoms with van der Waals surface area (Å²) in [6.45, 7) is 30.0. The Morgan fingerprint density at radius 3 is 1.35 bits per heavy atom. The van der Waals surface area contributed by atoms with Crippen LogP contribution in [0.2, 0.25) is 0 Å². The zero-order chi connectivity index (χ0) is 29.0. The molecule has 2 amide bonds. The first-order valence-electron chi connectivity index (χ1n) is 13.8. The highest BCUT2D eigenvalue weighted by molar-refractivity contribution is 5.96. The Morgan fingerprint density at radius 2 is 1.19 bits per heavy atom. The van der Waals surface area contributed by atoms with Gasteiger partial charge in [-0.05, 0) is 101 Å². The fraction of sp³-hybridized carbons (Fsp3) is 0.833. The van der Waals surface area contributed by atoms with Crippen molar-refractivity contribution in [1.29, 1.82) is 0 Å². The van der Waals surface area contributed by atoms with E-state index in [9.17, 15) is 14.4 Å². The third kappa shape index (κ3) is 12.6. The van der Waals surface area contributed by atoms with Gasteiger partial charge in [0.25, 0.3) is 0 Å². The summed E-state index contributed by atoms with van der Waals surface area (Å²) in [5.74, 6) is 1.66. The standard InChI is InChI=1S/C9H17NO.C7H13NO.C7H11NO.C7H15N/c1-8(2)5-7(11)6-9(3,4)10-8;2*1-5-4-7(2,3)8-6(5)9;1-6-4-7(2,3)8-5-6/h10H,5-6H2,1-4H3;5H,4H2,1-3H3,(H,8,9);1,4H2,2-3H3,(H,8,9);6,8H,4-5H2,1-3H3/t;5-;;6-/m.1.1/s1. The van der Waals surface area contributed by atoms with Gasteiger partial charge in [0.15, 0.2) is 0 Å². The van der Waals surface area contributed by atoms with Crippen LogP contribution in [0.15, 0.2) is 12.2 Å². The average Bonchev–Trinajstić information content (AvgIpc) is 3.16. The molecule has 4 saturated heterocycles. The van der Waals surface area contributed by atoms with E-state index < -0.39 is 0 Å². The molecule has 0 unspecified atom stereocenters. The lowest BCUT2D eigenvalue weighted by Gasteiger charge is -2.41. The smallest absolute Gasteiger partial charge is 0.247 e. The van der Waals surface area contributed by atoms with Crippen LogP contribution in [0, 0.1) is 11.8 Å². The summed E-state index contributed by atoms with van der Waals surface area (Å²) >= 11 is 0. The predicted octanol–water partition coefficient (Wildman–Crippen LogP) is 4.65. The van der Waals surface area contributed by atoms with E-state index in [1.165, 1.54) is 13.0 Å². The molecular weight excluding hydrogens is 464 g/mol. The SMILES string of the molecule is C=C1CC(C)(C)NC1=O.CC1(C)CC(=O)CC(C)(C)N1.C[C@@H]1CC(C)(C)NC1=O.C[C@H]1CNC(C)(C)C1. The number of rotatable bonds is 0. The Labute approximate surface area is 226 Å². The van der Waals surface area contributed by atoms with E-state index in [-0.39, 0.29) is 39.9 Å². The third-order valence-electron chi connectivity index (χ3n) is 6.90. The zero-order valence-corrected chi connectivity index (χ0v) is 25.8. The van der Waals surface area contributed by atoms with Crippen LogP contribution in [-0.4, -0.2) is 51.8 Å². The van der Waals surface area contributed by atoms with Gasteiger partial charge in [0.1, 0.15) is 5.78 Å². The molecule has 7 nitrogen and oxygen atoms in total. The molecule has 0 aromatic carbocycles. The highest BCUT2D eigenvalue weighted by Crippen LogP contribution is 2.26. The minimum absolute atomic E-state index is 0.000000000000000222. The summed E-state index contributed by atoms with van der Waals surface area (Å²) in [6, 6.07) is 0. The second-order valence-electron chi connectivity index (χ2n) is 15.0. The summed E-state index contributed by atoms with van der Waals surface area (Å²) in [7, 11) is 0. The van der Waals surface area contributed by atoms with Gasteiger partial charge >= 0.3 is 0 Å². The van der Waals surface area contributed by atoms with Gasteiger partial charge in [0.05, 0.1) is 0 Å². The number of hydrogen-bond donors (Lipinski definition) is 4. The Bertz CT molecular complexity index is 819. The van der Waals surface area contributed by atoms with Crippen LogP contribution < -0.4 is 21.3 Å². The molecule has 0 spiro atoms. The molecule has 0 bridgehead atoms. The maximum Gasteiger partial charge on any atom is 0.247 e. The fourth-order valence-corrected chi connectivity index (χ4v) is 5.94. The van der Waals surface area contributed by atoms with E-state index in [1.54, 1.807) is 0 Å². The zero-order valence-electron chi connectivity index (χ0n) is 25.8. The molecular formula is C30H56N4O3. The van der Waals surface area contributed by atoms with Crippen LogP contribution in [-0.2, 0) is 14.4 Å². The van der Waals surface area contributed by atoms with Crippen LogP contribution in [0.4, 0.5) is 0 Å². The first kappa shape index (κ1) is 33.3. The van der Waals surface area contributed by atoms with Gasteiger partial charge in [0.2, 0.25) is 11.8 Å². The predicted molar refractivity (Wildman–Crippen MR) is 153 cm³/mol. The Kier molecular flexibility index (Phi) is 10.8. The number of amides is 2. The minimum Gasteiger partial charge on any atom is -0.351 e. The van der Waals surface area contributed by atoms with Gasteiger partial charge in [-0.1, -0.05) is 20.4 Å². The monoisotopic (exact) mass is 520 g/mol. The quantitative estimate of drug-likeness (QED) is 0.349. The van der Waals surface area contributed by atoms with Crippen LogP contribution >= 0.6 is 0 Å². The maximum atomic E-state index is 11.3. The van der Waals surface area contributed by atoms with Crippen molar-refractivity contribution in [1.82, 2.24) is 21.3 Å². The van der Waals surface area contributed by atoms with E-state index >= 15 is 0 Å². The molecule has 4 aliphatic rings. The molecule has 0 radical (unpaired) electrons. The van der Waals surface area contributed by atoms with E-state index in [2.05, 4.69) is 90.2 Å². The summed E-state index contributed by atoms with van der Waals surface area (Å²) in [5.41, 5.74) is 1.06. The number of hydrogen-bond acceptors (Lipinski definition) is 5. The van der Waals surface area contributed by atoms with Crippen molar-refractivity contribution < 1.29 is 14.4 Å². The van der Waals surface area contributed by atoms with E-state index in [4.69, 9.17) is 0 Å². The van der Waals surface area contributed by atoms with Crippen molar-refractivity contribution in [2.75, 3.05) is 6.54 Å². The summed E-state index contributed by atoms with van der Waals surface area (Å²) in [6.07, 6.45) is 4.39. The molecule has 4 aliphatic heterocycles. The summed E-state index contributed by atoms with van der Waals surface area (Å²) < 4.78 is 0. The Balaban J connectivity index is 0.000000248. The first-order chi connectivity index (χ1) is 16.4. The highest BCUT2D eigenvalue weighted by Gasteiger charge is 2.36. The molecule has 37 heavy (non-hydrogen) atoms. The lowest BCUT2D eigenvalue weighted by atomic mass is 9.82. The molecule has 4 rings (SSSR count). The molecule has 4 heterocycles. The molecule has 0 aromatic rings. The minimum atomic E-state index is -0.0613. The number of piperidine rings is 1. The van der Waals surface area contributed by atoms with Gasteiger partial charge in [-0.15, -0.1) is 0 Å². The number of Topliss-reactive ketones (excluding diaryl/α,β-unsaturated/α-hetero) is 1. The topological polar surface area (TPSA) is 99.3 Å². The lowest BCUT2D eigenvalue weighted by Crippen LogP contribution is -2.58. The number of ketones is 1. The summed E-state index contributed by atoms with van der Waals surface area (Å²) in [5, 5.41) is 12.6. The van der Waals surface area contributed by atoms with Crippen LogP contribution in [0.5, 0.6) is 0 Å². The van der Waals surface area contributed by atoms with Gasteiger partial charge in [-0.3, -0.25) is 14.4 Å². The van der Waals surface area contributed by atoms with E-state index in [0.717, 1.165) is 18.8 Å². The van der Waals surface area contributed by atoms with Crippen molar-refractivity contribution in [3.05, 3.63) is 12.2 Å². The third-order valence-corrected chi connectivity index (χ3v) is 6.90.